The smallest absolute Gasteiger partial charge is 0.384 e. The van der Waals surface area contributed by atoms with Gasteiger partial charge >= 0.3 is 15.3 Å². The highest BCUT2D eigenvalue weighted by molar-refractivity contribution is 6.44. The number of urea groups is 1. The summed E-state index contributed by atoms with van der Waals surface area (Å²) in [5.74, 6) is 0.813. The molecule has 1 aromatic rings. The largest absolute Gasteiger partial charge is 0.493 e. The number of carbonyl (C=O) groups excluding carboxylic acids is 1. The first kappa shape index (κ1) is 22.2. The number of benzene rings is 1. The minimum atomic E-state index is -1.20. The predicted octanol–water partition coefficient (Wildman–Crippen LogP) is 3.35. The fraction of sp³-hybridized carbons (Fsp3) is 0.526. The highest BCUT2D eigenvalue weighted by Gasteiger charge is 2.13. The van der Waals surface area contributed by atoms with Crippen LogP contribution in [0.4, 0.5) is 4.79 Å². The lowest BCUT2D eigenvalue weighted by Crippen LogP contribution is -2.37. The van der Waals surface area contributed by atoms with Gasteiger partial charge in [-0.3, -0.25) is 0 Å². The zero-order valence-corrected chi connectivity index (χ0v) is 16.9. The van der Waals surface area contributed by atoms with Gasteiger partial charge in [-0.15, -0.1) is 0 Å². The van der Waals surface area contributed by atoms with Crippen LogP contribution in [0.2, 0.25) is 6.04 Å². The van der Waals surface area contributed by atoms with Crippen molar-refractivity contribution in [2.45, 2.75) is 32.7 Å². The van der Waals surface area contributed by atoms with Gasteiger partial charge in [0.1, 0.15) is 5.75 Å². The Kier molecular flexibility index (Phi) is 12.3. The quantitative estimate of drug-likeness (QED) is 0.384. The van der Waals surface area contributed by atoms with Crippen molar-refractivity contribution in [2.75, 3.05) is 32.9 Å². The molecular weight excluding hydrogens is 348 g/mol. The summed E-state index contributed by atoms with van der Waals surface area (Å²) >= 11 is 0. The standard InChI is InChI=1S/C19H31N2O4Si/c1-4-17-11-7-8-12-18(17)23-15-9-13-20-19(22)21-14-10-16-26(24-5-2)25-6-3/h4,7-8,11-12H,1,5-6,9-10,13-16H2,2-3H3,(H2,20,21,22). The lowest BCUT2D eigenvalue weighted by atomic mass is 10.2. The number of hydrogen-bond donors (Lipinski definition) is 2. The van der Waals surface area contributed by atoms with E-state index in [1.54, 1.807) is 6.08 Å². The van der Waals surface area contributed by atoms with Crippen molar-refractivity contribution in [3.05, 3.63) is 36.4 Å². The topological polar surface area (TPSA) is 68.8 Å². The van der Waals surface area contributed by atoms with E-state index in [4.69, 9.17) is 13.6 Å². The van der Waals surface area contributed by atoms with Crippen LogP contribution in [-0.2, 0) is 8.85 Å². The Morgan fingerprint density at radius 1 is 1.12 bits per heavy atom. The summed E-state index contributed by atoms with van der Waals surface area (Å²) in [5, 5.41) is 5.68. The van der Waals surface area contributed by atoms with Gasteiger partial charge in [0.25, 0.3) is 0 Å². The molecular formula is C19H31N2O4Si. The summed E-state index contributed by atoms with van der Waals surface area (Å²) in [6.07, 6.45) is 3.36. The third-order valence-electron chi connectivity index (χ3n) is 3.46. The van der Waals surface area contributed by atoms with E-state index < -0.39 is 9.28 Å². The molecule has 0 spiro atoms. The first-order valence-corrected chi connectivity index (χ1v) is 10.7. The van der Waals surface area contributed by atoms with E-state index in [2.05, 4.69) is 17.2 Å². The minimum Gasteiger partial charge on any atom is -0.493 e. The fourth-order valence-corrected chi connectivity index (χ4v) is 3.72. The van der Waals surface area contributed by atoms with Gasteiger partial charge in [0.2, 0.25) is 0 Å². The van der Waals surface area contributed by atoms with Crippen molar-refractivity contribution in [2.24, 2.45) is 0 Å². The number of carbonyl (C=O) groups is 1. The van der Waals surface area contributed by atoms with Crippen LogP contribution in [0.15, 0.2) is 30.8 Å². The maximum atomic E-state index is 11.7. The zero-order chi connectivity index (χ0) is 19.0. The fourth-order valence-electron chi connectivity index (χ4n) is 2.24. The third kappa shape index (κ3) is 9.60. The Labute approximate surface area is 158 Å². The molecule has 2 amide bonds. The Hall–Kier alpha value is -1.83. The van der Waals surface area contributed by atoms with Crippen molar-refractivity contribution < 1.29 is 18.4 Å². The lowest BCUT2D eigenvalue weighted by Gasteiger charge is -2.13. The minimum absolute atomic E-state index is 0.155. The predicted molar refractivity (Wildman–Crippen MR) is 106 cm³/mol. The molecule has 2 N–H and O–H groups in total. The molecule has 0 fully saturated rings. The van der Waals surface area contributed by atoms with Gasteiger partial charge in [-0.1, -0.05) is 30.9 Å². The summed E-state index contributed by atoms with van der Waals surface area (Å²) < 4.78 is 16.8. The summed E-state index contributed by atoms with van der Waals surface area (Å²) in [4.78, 5) is 11.7. The van der Waals surface area contributed by atoms with Crippen molar-refractivity contribution in [3.8, 4) is 5.75 Å². The van der Waals surface area contributed by atoms with Crippen molar-refractivity contribution >= 4 is 21.4 Å². The molecule has 0 aliphatic heterocycles. The number of hydrogen-bond acceptors (Lipinski definition) is 4. The number of rotatable bonds is 14. The summed E-state index contributed by atoms with van der Waals surface area (Å²) in [7, 11) is -1.20. The van der Waals surface area contributed by atoms with E-state index in [1.165, 1.54) is 0 Å². The molecule has 7 heteroatoms. The van der Waals surface area contributed by atoms with E-state index >= 15 is 0 Å². The molecule has 1 rings (SSSR count). The van der Waals surface area contributed by atoms with Crippen molar-refractivity contribution in [3.63, 3.8) is 0 Å². The van der Waals surface area contributed by atoms with Gasteiger partial charge in [-0.25, -0.2) is 4.79 Å². The normalized spacial score (nSPS) is 10.6. The van der Waals surface area contributed by atoms with Crippen LogP contribution in [0.5, 0.6) is 5.75 Å². The molecule has 1 radical (unpaired) electrons. The zero-order valence-electron chi connectivity index (χ0n) is 15.9. The SMILES string of the molecule is C=Cc1ccccc1OCCCNC(=O)NCCC[Si](OCC)OCC. The third-order valence-corrected chi connectivity index (χ3v) is 5.44. The van der Waals surface area contributed by atoms with Gasteiger partial charge in [-0.2, -0.15) is 0 Å². The number of ether oxygens (including phenoxy) is 1. The molecule has 0 aromatic heterocycles. The Morgan fingerprint density at radius 3 is 2.42 bits per heavy atom. The van der Waals surface area contributed by atoms with Gasteiger partial charge in [0, 0.05) is 31.9 Å². The van der Waals surface area contributed by atoms with Crippen LogP contribution in [0.1, 0.15) is 32.3 Å². The maximum Gasteiger partial charge on any atom is 0.384 e. The van der Waals surface area contributed by atoms with E-state index in [0.717, 1.165) is 30.2 Å². The molecule has 6 nitrogen and oxygen atoms in total. The second-order valence-electron chi connectivity index (χ2n) is 5.47. The molecule has 0 heterocycles. The monoisotopic (exact) mass is 379 g/mol. The van der Waals surface area contributed by atoms with Gasteiger partial charge in [0.05, 0.1) is 6.61 Å². The van der Waals surface area contributed by atoms with Crippen molar-refractivity contribution in [1.29, 1.82) is 0 Å². The Bertz CT molecular complexity index is 522. The van der Waals surface area contributed by atoms with Crippen LogP contribution in [0.3, 0.4) is 0 Å². The van der Waals surface area contributed by atoms with Crippen LogP contribution in [0, 0.1) is 0 Å². The van der Waals surface area contributed by atoms with Gasteiger partial charge < -0.3 is 24.2 Å². The number of para-hydroxylation sites is 1. The highest BCUT2D eigenvalue weighted by Crippen LogP contribution is 2.18. The molecule has 26 heavy (non-hydrogen) atoms. The highest BCUT2D eigenvalue weighted by atomic mass is 28.3. The van der Waals surface area contributed by atoms with E-state index in [1.807, 2.05) is 38.1 Å². The van der Waals surface area contributed by atoms with E-state index in [9.17, 15) is 4.79 Å². The molecule has 0 aliphatic rings. The van der Waals surface area contributed by atoms with Crippen molar-refractivity contribution in [1.82, 2.24) is 10.6 Å². The second kappa shape index (κ2) is 14.3. The second-order valence-corrected chi connectivity index (χ2v) is 7.29. The molecule has 0 unspecified atom stereocenters. The lowest BCUT2D eigenvalue weighted by molar-refractivity contribution is 0.212. The number of amides is 2. The molecule has 1 aromatic carbocycles. The average Bonchev–Trinajstić information content (AvgIpc) is 2.65. The Balaban J connectivity index is 2.07. The molecule has 0 aliphatic carbocycles. The molecule has 0 saturated carbocycles. The van der Waals surface area contributed by atoms with Gasteiger partial charge in [0.15, 0.2) is 0 Å². The Morgan fingerprint density at radius 2 is 1.77 bits per heavy atom. The first-order valence-electron chi connectivity index (χ1n) is 9.18. The summed E-state index contributed by atoms with van der Waals surface area (Å²) in [6.45, 7) is 10.8. The van der Waals surface area contributed by atoms with Crippen LogP contribution < -0.4 is 15.4 Å². The van der Waals surface area contributed by atoms with Crippen LogP contribution in [-0.4, -0.2) is 48.2 Å². The molecule has 0 saturated heterocycles. The maximum absolute atomic E-state index is 11.7. The number of nitrogens with one attached hydrogen (secondary N) is 2. The van der Waals surface area contributed by atoms with Crippen LogP contribution in [0.25, 0.3) is 6.08 Å². The van der Waals surface area contributed by atoms with E-state index in [0.29, 0.717) is 32.9 Å². The first-order chi connectivity index (χ1) is 12.7. The van der Waals surface area contributed by atoms with Gasteiger partial charge in [-0.05, 0) is 38.8 Å². The summed E-state index contributed by atoms with van der Waals surface area (Å²) in [6, 6.07) is 8.46. The molecule has 0 bridgehead atoms. The molecule has 0 atom stereocenters. The summed E-state index contributed by atoms with van der Waals surface area (Å²) in [5.41, 5.74) is 0.971. The van der Waals surface area contributed by atoms with Crippen LogP contribution >= 0.6 is 0 Å². The van der Waals surface area contributed by atoms with E-state index in [-0.39, 0.29) is 6.03 Å². The molecule has 145 valence electrons. The average molecular weight is 380 g/mol.